The fraction of sp³-hybridized carbons (Fsp3) is 0.278. The van der Waals surface area contributed by atoms with E-state index in [9.17, 15) is 17.6 Å². The summed E-state index contributed by atoms with van der Waals surface area (Å²) < 4.78 is 40.0. The first-order valence-electron chi connectivity index (χ1n) is 7.90. The molecule has 1 amide bonds. The summed E-state index contributed by atoms with van der Waals surface area (Å²) in [6.07, 6.45) is 0.469. The van der Waals surface area contributed by atoms with E-state index in [-0.39, 0.29) is 23.8 Å². The Bertz CT molecular complexity index is 866. The Balaban J connectivity index is 1.81. The molecule has 5 nitrogen and oxygen atoms in total. The molecule has 0 spiro atoms. The molecule has 0 unspecified atom stereocenters. The maximum atomic E-state index is 13.0. The molecule has 0 bridgehead atoms. The molecule has 0 aliphatic heterocycles. The molecule has 0 heterocycles. The first-order chi connectivity index (χ1) is 11.8. The maximum absolute atomic E-state index is 13.0. The molecule has 134 valence electrons. The summed E-state index contributed by atoms with van der Waals surface area (Å²) in [5, 5.41) is 2.57. The number of rotatable bonds is 7. The quantitative estimate of drug-likeness (QED) is 0.741. The third kappa shape index (κ3) is 5.65. The molecule has 2 rings (SSSR count). The van der Waals surface area contributed by atoms with Gasteiger partial charge in [0.25, 0.3) is 0 Å². The highest BCUT2D eigenvalue weighted by atomic mass is 32.2. The fourth-order valence-electron chi connectivity index (χ4n) is 2.21. The van der Waals surface area contributed by atoms with Gasteiger partial charge in [-0.05, 0) is 61.7 Å². The van der Waals surface area contributed by atoms with E-state index in [2.05, 4.69) is 10.0 Å². The van der Waals surface area contributed by atoms with Crippen molar-refractivity contribution in [1.29, 1.82) is 0 Å². The summed E-state index contributed by atoms with van der Waals surface area (Å²) in [4.78, 5) is 12.0. The molecule has 2 aromatic rings. The Morgan fingerprint density at radius 2 is 1.84 bits per heavy atom. The van der Waals surface area contributed by atoms with Gasteiger partial charge in [-0.2, -0.15) is 0 Å². The SMILES string of the molecule is Cc1ccc(S(=O)(=O)NCCCC(=O)Nc2cccc(F)c2)cc1C. The topological polar surface area (TPSA) is 75.3 Å². The molecule has 0 aliphatic carbocycles. The highest BCUT2D eigenvalue weighted by molar-refractivity contribution is 7.89. The lowest BCUT2D eigenvalue weighted by Crippen LogP contribution is -2.26. The lowest BCUT2D eigenvalue weighted by Gasteiger charge is -2.09. The summed E-state index contributed by atoms with van der Waals surface area (Å²) in [5.74, 6) is -0.727. The third-order valence-corrected chi connectivity index (χ3v) is 5.23. The smallest absolute Gasteiger partial charge is 0.240 e. The monoisotopic (exact) mass is 364 g/mol. The summed E-state index contributed by atoms with van der Waals surface area (Å²) in [7, 11) is -3.59. The van der Waals surface area contributed by atoms with Gasteiger partial charge in [0.1, 0.15) is 5.82 Å². The van der Waals surface area contributed by atoms with Crippen LogP contribution in [0.2, 0.25) is 0 Å². The molecule has 2 aromatic carbocycles. The number of nitrogens with one attached hydrogen (secondary N) is 2. The van der Waals surface area contributed by atoms with Gasteiger partial charge in [0.2, 0.25) is 15.9 Å². The molecule has 0 saturated carbocycles. The van der Waals surface area contributed by atoms with Crippen molar-refractivity contribution in [2.24, 2.45) is 0 Å². The second kappa shape index (κ2) is 8.22. The summed E-state index contributed by atoms with van der Waals surface area (Å²) >= 11 is 0. The highest BCUT2D eigenvalue weighted by Crippen LogP contribution is 2.14. The average molecular weight is 364 g/mol. The van der Waals surface area contributed by atoms with Crippen molar-refractivity contribution in [1.82, 2.24) is 4.72 Å². The van der Waals surface area contributed by atoms with E-state index in [0.29, 0.717) is 12.1 Å². The zero-order valence-corrected chi connectivity index (χ0v) is 15.0. The standard InChI is InChI=1S/C18H21FN2O3S/c1-13-8-9-17(11-14(13)2)25(23,24)20-10-4-7-18(22)21-16-6-3-5-15(19)12-16/h3,5-6,8-9,11-12,20H,4,7,10H2,1-2H3,(H,21,22). The highest BCUT2D eigenvalue weighted by Gasteiger charge is 2.14. The van der Waals surface area contributed by atoms with Gasteiger partial charge >= 0.3 is 0 Å². The average Bonchev–Trinajstić information content (AvgIpc) is 2.54. The largest absolute Gasteiger partial charge is 0.326 e. The van der Waals surface area contributed by atoms with Gasteiger partial charge in [0, 0.05) is 18.7 Å². The molecular weight excluding hydrogens is 343 g/mol. The number of sulfonamides is 1. The Hall–Kier alpha value is -2.25. The van der Waals surface area contributed by atoms with Crippen LogP contribution in [0, 0.1) is 19.7 Å². The van der Waals surface area contributed by atoms with Gasteiger partial charge in [-0.3, -0.25) is 4.79 Å². The molecule has 0 saturated heterocycles. The summed E-state index contributed by atoms with van der Waals surface area (Å²) in [6.45, 7) is 3.91. The predicted octanol–water partition coefficient (Wildman–Crippen LogP) is 3.14. The minimum absolute atomic E-state index is 0.131. The van der Waals surface area contributed by atoms with Gasteiger partial charge in [-0.1, -0.05) is 12.1 Å². The van der Waals surface area contributed by atoms with Crippen LogP contribution in [0.25, 0.3) is 0 Å². The van der Waals surface area contributed by atoms with Crippen LogP contribution in [-0.4, -0.2) is 20.9 Å². The Kier molecular flexibility index (Phi) is 6.27. The molecule has 0 radical (unpaired) electrons. The summed E-state index contributed by atoms with van der Waals surface area (Å²) in [5.41, 5.74) is 2.30. The van der Waals surface area contributed by atoms with Gasteiger partial charge in [-0.15, -0.1) is 0 Å². The van der Waals surface area contributed by atoms with Gasteiger partial charge in [-0.25, -0.2) is 17.5 Å². The van der Waals surface area contributed by atoms with Crippen molar-refractivity contribution >= 4 is 21.6 Å². The van der Waals surface area contributed by atoms with E-state index in [1.54, 1.807) is 24.3 Å². The van der Waals surface area contributed by atoms with Crippen LogP contribution in [0.15, 0.2) is 47.4 Å². The number of carbonyl (C=O) groups is 1. The molecule has 25 heavy (non-hydrogen) atoms. The number of carbonyl (C=O) groups excluding carboxylic acids is 1. The number of anilines is 1. The van der Waals surface area contributed by atoms with Crippen LogP contribution in [0.1, 0.15) is 24.0 Å². The molecule has 0 atom stereocenters. The second-order valence-electron chi connectivity index (χ2n) is 5.81. The van der Waals surface area contributed by atoms with Crippen LogP contribution in [0.4, 0.5) is 10.1 Å². The molecule has 2 N–H and O–H groups in total. The van der Waals surface area contributed by atoms with Crippen LogP contribution in [-0.2, 0) is 14.8 Å². The Morgan fingerprint density at radius 3 is 2.52 bits per heavy atom. The predicted molar refractivity (Wildman–Crippen MR) is 95.4 cm³/mol. The van der Waals surface area contributed by atoms with Crippen molar-refractivity contribution in [2.75, 3.05) is 11.9 Å². The maximum Gasteiger partial charge on any atom is 0.240 e. The van der Waals surface area contributed by atoms with Crippen LogP contribution in [0.3, 0.4) is 0 Å². The van der Waals surface area contributed by atoms with E-state index >= 15 is 0 Å². The number of hydrogen-bond donors (Lipinski definition) is 2. The number of hydrogen-bond acceptors (Lipinski definition) is 3. The Labute approximate surface area is 147 Å². The zero-order valence-electron chi connectivity index (χ0n) is 14.2. The summed E-state index contributed by atoms with van der Waals surface area (Å²) in [6, 6.07) is 10.5. The van der Waals surface area contributed by atoms with E-state index < -0.39 is 15.8 Å². The van der Waals surface area contributed by atoms with Crippen molar-refractivity contribution < 1.29 is 17.6 Å². The fourth-order valence-corrected chi connectivity index (χ4v) is 3.37. The Morgan fingerprint density at radius 1 is 1.08 bits per heavy atom. The van der Waals surface area contributed by atoms with Gasteiger partial charge in [0.15, 0.2) is 0 Å². The third-order valence-electron chi connectivity index (χ3n) is 3.77. The molecular formula is C18H21FN2O3S. The van der Waals surface area contributed by atoms with E-state index in [1.807, 2.05) is 13.8 Å². The number of amides is 1. The van der Waals surface area contributed by atoms with E-state index in [4.69, 9.17) is 0 Å². The molecule has 0 fully saturated rings. The van der Waals surface area contributed by atoms with E-state index in [0.717, 1.165) is 11.1 Å². The van der Waals surface area contributed by atoms with Crippen molar-refractivity contribution in [2.45, 2.75) is 31.6 Å². The lowest BCUT2D eigenvalue weighted by atomic mass is 10.1. The lowest BCUT2D eigenvalue weighted by molar-refractivity contribution is -0.116. The zero-order chi connectivity index (χ0) is 18.4. The van der Waals surface area contributed by atoms with Crippen molar-refractivity contribution in [3.8, 4) is 0 Å². The normalized spacial score (nSPS) is 11.3. The molecule has 0 aromatic heterocycles. The van der Waals surface area contributed by atoms with Crippen molar-refractivity contribution in [3.63, 3.8) is 0 Å². The van der Waals surface area contributed by atoms with E-state index in [1.165, 1.54) is 18.2 Å². The van der Waals surface area contributed by atoms with Gasteiger partial charge in [0.05, 0.1) is 4.90 Å². The number of halogens is 1. The minimum Gasteiger partial charge on any atom is -0.326 e. The second-order valence-corrected chi connectivity index (χ2v) is 7.57. The van der Waals surface area contributed by atoms with Crippen molar-refractivity contribution in [3.05, 3.63) is 59.4 Å². The first-order valence-corrected chi connectivity index (χ1v) is 9.38. The minimum atomic E-state index is -3.59. The molecule has 7 heteroatoms. The van der Waals surface area contributed by atoms with Crippen LogP contribution < -0.4 is 10.0 Å². The molecule has 0 aliphatic rings. The number of aryl methyl sites for hydroxylation is 2. The van der Waals surface area contributed by atoms with Crippen LogP contribution >= 0.6 is 0 Å². The van der Waals surface area contributed by atoms with Crippen LogP contribution in [0.5, 0.6) is 0 Å². The first kappa shape index (κ1) is 19.1. The van der Waals surface area contributed by atoms with Gasteiger partial charge < -0.3 is 5.32 Å². The number of benzene rings is 2.